The second kappa shape index (κ2) is 7.07. The molecule has 0 saturated carbocycles. The molecule has 1 aromatic rings. The highest BCUT2D eigenvalue weighted by molar-refractivity contribution is 7.89. The maximum absolute atomic E-state index is 12.8. The molecule has 1 aliphatic heterocycles. The zero-order chi connectivity index (χ0) is 15.5. The first-order valence-corrected chi connectivity index (χ1v) is 8.78. The summed E-state index contributed by atoms with van der Waals surface area (Å²) in [6, 6.07) is 4.90. The quantitative estimate of drug-likeness (QED) is 0.893. The number of ether oxygens (including phenoxy) is 1. The summed E-state index contributed by atoms with van der Waals surface area (Å²) in [4.78, 5) is 0.144. The number of piperidine rings is 1. The van der Waals surface area contributed by atoms with Gasteiger partial charge in [0.25, 0.3) is 0 Å². The molecule has 0 aliphatic carbocycles. The maximum atomic E-state index is 12.8. The van der Waals surface area contributed by atoms with E-state index in [1.54, 1.807) is 25.3 Å². The van der Waals surface area contributed by atoms with E-state index in [1.165, 1.54) is 4.31 Å². The number of benzene rings is 1. The number of halogens is 1. The average Bonchev–Trinajstić information content (AvgIpc) is 2.48. The minimum Gasteiger partial charge on any atom is -0.384 e. The molecule has 0 amide bonds. The molecule has 0 spiro atoms. The van der Waals surface area contributed by atoms with Crippen LogP contribution in [0, 0.1) is 5.92 Å². The molecule has 1 saturated heterocycles. The van der Waals surface area contributed by atoms with Gasteiger partial charge in [-0.2, -0.15) is 4.31 Å². The Hall–Kier alpha value is -0.660. The third-order valence-electron chi connectivity index (χ3n) is 3.73. The van der Waals surface area contributed by atoms with Gasteiger partial charge in [-0.05, 0) is 36.5 Å². The normalized spacial score (nSPS) is 20.6. The second-order valence-corrected chi connectivity index (χ2v) is 7.61. The van der Waals surface area contributed by atoms with E-state index < -0.39 is 10.0 Å². The Balaban J connectivity index is 2.29. The van der Waals surface area contributed by atoms with Gasteiger partial charge in [0.1, 0.15) is 4.90 Å². The molecule has 1 aromatic carbocycles. The summed E-state index contributed by atoms with van der Waals surface area (Å²) in [7, 11) is -1.95. The van der Waals surface area contributed by atoms with Gasteiger partial charge in [-0.15, -0.1) is 0 Å². The summed E-state index contributed by atoms with van der Waals surface area (Å²) in [5.74, 6) is 0.231. The van der Waals surface area contributed by atoms with E-state index in [0.717, 1.165) is 18.4 Å². The van der Waals surface area contributed by atoms with Crippen LogP contribution < -0.4 is 5.73 Å². The van der Waals surface area contributed by atoms with Crippen LogP contribution in [-0.4, -0.2) is 39.5 Å². The Morgan fingerprint density at radius 2 is 2.24 bits per heavy atom. The van der Waals surface area contributed by atoms with Crippen LogP contribution in [0.4, 0.5) is 0 Å². The van der Waals surface area contributed by atoms with Crippen molar-refractivity contribution in [3.63, 3.8) is 0 Å². The third kappa shape index (κ3) is 3.76. The Morgan fingerprint density at radius 3 is 2.90 bits per heavy atom. The summed E-state index contributed by atoms with van der Waals surface area (Å²) in [5, 5.41) is 0.237. The Labute approximate surface area is 131 Å². The van der Waals surface area contributed by atoms with Crippen molar-refractivity contribution in [1.29, 1.82) is 0 Å². The predicted octanol–water partition coefficient (Wildman–Crippen LogP) is 1.85. The molecule has 21 heavy (non-hydrogen) atoms. The molecule has 1 fully saturated rings. The van der Waals surface area contributed by atoms with Gasteiger partial charge >= 0.3 is 0 Å². The fourth-order valence-electron chi connectivity index (χ4n) is 2.63. The van der Waals surface area contributed by atoms with Crippen LogP contribution in [0.1, 0.15) is 18.4 Å². The number of sulfonamides is 1. The molecule has 0 bridgehead atoms. The lowest BCUT2D eigenvalue weighted by Gasteiger charge is -2.31. The highest BCUT2D eigenvalue weighted by Gasteiger charge is 2.31. The predicted molar refractivity (Wildman–Crippen MR) is 82.7 cm³/mol. The molecule has 2 N–H and O–H groups in total. The van der Waals surface area contributed by atoms with E-state index in [9.17, 15) is 8.42 Å². The Bertz CT molecular complexity index is 590. The van der Waals surface area contributed by atoms with Gasteiger partial charge in [-0.1, -0.05) is 17.7 Å². The van der Waals surface area contributed by atoms with Crippen LogP contribution in [-0.2, 0) is 21.3 Å². The second-order valence-electron chi connectivity index (χ2n) is 5.30. The molecule has 1 aliphatic rings. The molecule has 0 radical (unpaired) electrons. The molecule has 2 rings (SSSR count). The van der Waals surface area contributed by atoms with Crippen molar-refractivity contribution in [2.45, 2.75) is 24.3 Å². The number of nitrogens with zero attached hydrogens (tertiary/aromatic N) is 1. The lowest BCUT2D eigenvalue weighted by Crippen LogP contribution is -2.41. The summed E-state index contributed by atoms with van der Waals surface area (Å²) in [6.45, 7) is 1.85. The molecule has 0 aromatic heterocycles. The van der Waals surface area contributed by atoms with E-state index >= 15 is 0 Å². The monoisotopic (exact) mass is 332 g/mol. The highest BCUT2D eigenvalue weighted by Crippen LogP contribution is 2.29. The lowest BCUT2D eigenvalue weighted by molar-refractivity contribution is 0.118. The van der Waals surface area contributed by atoms with E-state index in [0.29, 0.717) is 19.7 Å². The van der Waals surface area contributed by atoms with Gasteiger partial charge in [-0.3, -0.25) is 0 Å². The van der Waals surface area contributed by atoms with Gasteiger partial charge in [0, 0.05) is 26.7 Å². The van der Waals surface area contributed by atoms with Crippen LogP contribution in [0.25, 0.3) is 0 Å². The first-order chi connectivity index (χ1) is 9.98. The van der Waals surface area contributed by atoms with E-state index in [1.807, 2.05) is 0 Å². The standard InChI is InChI=1S/C14H21ClN2O3S/c1-20-10-12-3-2-6-17(9-12)21(18,19)14-7-11(8-16)4-5-13(14)15/h4-5,7,12H,2-3,6,8-10,16H2,1H3. The van der Waals surface area contributed by atoms with Crippen LogP contribution >= 0.6 is 11.6 Å². The largest absolute Gasteiger partial charge is 0.384 e. The SMILES string of the molecule is COCC1CCCN(S(=O)(=O)c2cc(CN)ccc2Cl)C1. The summed E-state index contributed by atoms with van der Waals surface area (Å²) < 4.78 is 32.2. The minimum absolute atomic E-state index is 0.144. The molecule has 118 valence electrons. The van der Waals surface area contributed by atoms with Gasteiger partial charge < -0.3 is 10.5 Å². The van der Waals surface area contributed by atoms with Crippen molar-refractivity contribution < 1.29 is 13.2 Å². The number of hydrogen-bond donors (Lipinski definition) is 1. The topological polar surface area (TPSA) is 72.6 Å². The zero-order valence-corrected chi connectivity index (χ0v) is 13.7. The highest BCUT2D eigenvalue weighted by atomic mass is 35.5. The van der Waals surface area contributed by atoms with Crippen molar-refractivity contribution in [3.05, 3.63) is 28.8 Å². The minimum atomic E-state index is -3.59. The van der Waals surface area contributed by atoms with Gasteiger partial charge in [0.2, 0.25) is 10.0 Å². The van der Waals surface area contributed by atoms with Crippen molar-refractivity contribution >= 4 is 21.6 Å². The van der Waals surface area contributed by atoms with Crippen LogP contribution in [0.3, 0.4) is 0 Å². The molecular weight excluding hydrogens is 312 g/mol. The van der Waals surface area contributed by atoms with Crippen molar-refractivity contribution in [3.8, 4) is 0 Å². The zero-order valence-electron chi connectivity index (χ0n) is 12.1. The van der Waals surface area contributed by atoms with Crippen molar-refractivity contribution in [2.24, 2.45) is 11.7 Å². The fourth-order valence-corrected chi connectivity index (χ4v) is 4.71. The van der Waals surface area contributed by atoms with E-state index in [-0.39, 0.29) is 22.4 Å². The van der Waals surface area contributed by atoms with Gasteiger partial charge in [-0.25, -0.2) is 8.42 Å². The summed E-state index contributed by atoms with van der Waals surface area (Å²) in [6.07, 6.45) is 1.82. The first-order valence-electron chi connectivity index (χ1n) is 6.96. The fraction of sp³-hybridized carbons (Fsp3) is 0.571. The van der Waals surface area contributed by atoms with Crippen LogP contribution in [0.2, 0.25) is 5.02 Å². The number of hydrogen-bond acceptors (Lipinski definition) is 4. The molecule has 7 heteroatoms. The number of nitrogens with two attached hydrogens (primary N) is 1. The first kappa shape index (κ1) is 16.7. The van der Waals surface area contributed by atoms with E-state index in [2.05, 4.69) is 0 Å². The Kier molecular flexibility index (Phi) is 5.62. The molecular formula is C14H21ClN2O3S. The van der Waals surface area contributed by atoms with Gasteiger partial charge in [0.05, 0.1) is 11.6 Å². The average molecular weight is 333 g/mol. The van der Waals surface area contributed by atoms with Gasteiger partial charge in [0.15, 0.2) is 0 Å². The maximum Gasteiger partial charge on any atom is 0.244 e. The Morgan fingerprint density at radius 1 is 1.48 bits per heavy atom. The number of rotatable bonds is 5. The lowest BCUT2D eigenvalue weighted by atomic mass is 10.0. The van der Waals surface area contributed by atoms with Crippen LogP contribution in [0.15, 0.2) is 23.1 Å². The molecule has 1 unspecified atom stereocenters. The summed E-state index contributed by atoms with van der Waals surface area (Å²) in [5.41, 5.74) is 6.34. The number of methoxy groups -OCH3 is 1. The molecule has 1 atom stereocenters. The smallest absolute Gasteiger partial charge is 0.244 e. The summed E-state index contributed by atoms with van der Waals surface area (Å²) >= 11 is 6.08. The third-order valence-corrected chi connectivity index (χ3v) is 6.08. The van der Waals surface area contributed by atoms with Crippen LogP contribution in [0.5, 0.6) is 0 Å². The van der Waals surface area contributed by atoms with E-state index in [4.69, 9.17) is 22.1 Å². The van der Waals surface area contributed by atoms with Crippen molar-refractivity contribution in [1.82, 2.24) is 4.31 Å². The molecule has 1 heterocycles. The molecule has 5 nitrogen and oxygen atoms in total. The van der Waals surface area contributed by atoms with Crippen molar-refractivity contribution in [2.75, 3.05) is 26.8 Å².